The molecule has 1 amide bonds. The molecule has 1 unspecified atom stereocenters. The number of carbonyl (C=O) groups excluding carboxylic acids is 1. The van der Waals surface area contributed by atoms with Gasteiger partial charge in [0.15, 0.2) is 0 Å². The van der Waals surface area contributed by atoms with E-state index in [1.807, 2.05) is 0 Å². The van der Waals surface area contributed by atoms with Crippen LogP contribution in [0.25, 0.3) is 0 Å². The maximum absolute atomic E-state index is 11.3. The molecule has 2 heteroatoms. The SMILES string of the molecule is CCCCC/C=C\C/C=C\C/C=C\C/C=C\CCC(CCC)C(N)=O. The quantitative estimate of drug-likeness (QED) is 0.247. The number of rotatable bonds is 16. The summed E-state index contributed by atoms with van der Waals surface area (Å²) in [6.07, 6.45) is 29.6. The van der Waals surface area contributed by atoms with E-state index in [9.17, 15) is 4.79 Å². The van der Waals surface area contributed by atoms with Gasteiger partial charge in [-0.15, -0.1) is 0 Å². The molecule has 0 aromatic carbocycles. The van der Waals surface area contributed by atoms with Crippen LogP contribution >= 0.6 is 0 Å². The summed E-state index contributed by atoms with van der Waals surface area (Å²) >= 11 is 0. The van der Waals surface area contributed by atoms with Crippen molar-refractivity contribution in [3.8, 4) is 0 Å². The second-order valence-corrected chi connectivity index (χ2v) is 6.55. The van der Waals surface area contributed by atoms with Gasteiger partial charge in [-0.2, -0.15) is 0 Å². The predicted octanol–water partition coefficient (Wildman–Crippen LogP) is 6.64. The Morgan fingerprint density at radius 1 is 0.720 bits per heavy atom. The fraction of sp³-hybridized carbons (Fsp3) is 0.609. The van der Waals surface area contributed by atoms with E-state index in [2.05, 4.69) is 62.5 Å². The molecule has 0 aliphatic rings. The minimum absolute atomic E-state index is 0.0380. The number of carbonyl (C=O) groups is 1. The summed E-state index contributed by atoms with van der Waals surface area (Å²) in [5.74, 6) is -0.117. The van der Waals surface area contributed by atoms with Gasteiger partial charge in [0.25, 0.3) is 0 Å². The number of hydrogen-bond acceptors (Lipinski definition) is 1. The number of allylic oxidation sites excluding steroid dienone is 8. The van der Waals surface area contributed by atoms with E-state index >= 15 is 0 Å². The minimum Gasteiger partial charge on any atom is -0.369 e. The monoisotopic (exact) mass is 345 g/mol. The fourth-order valence-corrected chi connectivity index (χ4v) is 2.64. The Morgan fingerprint density at radius 2 is 1.24 bits per heavy atom. The molecule has 142 valence electrons. The predicted molar refractivity (Wildman–Crippen MR) is 111 cm³/mol. The van der Waals surface area contributed by atoms with E-state index in [4.69, 9.17) is 5.73 Å². The summed E-state index contributed by atoms with van der Waals surface area (Å²) in [6, 6.07) is 0. The van der Waals surface area contributed by atoms with Gasteiger partial charge >= 0.3 is 0 Å². The van der Waals surface area contributed by atoms with E-state index in [1.165, 1.54) is 25.7 Å². The van der Waals surface area contributed by atoms with Crippen molar-refractivity contribution in [2.24, 2.45) is 11.7 Å². The Morgan fingerprint density at radius 3 is 1.72 bits per heavy atom. The summed E-state index contributed by atoms with van der Waals surface area (Å²) in [5.41, 5.74) is 5.40. The van der Waals surface area contributed by atoms with Gasteiger partial charge in [-0.25, -0.2) is 0 Å². The average molecular weight is 346 g/mol. The summed E-state index contributed by atoms with van der Waals surface area (Å²) in [7, 11) is 0. The van der Waals surface area contributed by atoms with Crippen LogP contribution in [0.2, 0.25) is 0 Å². The third-order valence-electron chi connectivity index (χ3n) is 4.18. The lowest BCUT2D eigenvalue weighted by atomic mass is 9.97. The highest BCUT2D eigenvalue weighted by molar-refractivity contribution is 5.76. The smallest absolute Gasteiger partial charge is 0.220 e. The number of unbranched alkanes of at least 4 members (excludes halogenated alkanes) is 3. The second-order valence-electron chi connectivity index (χ2n) is 6.55. The van der Waals surface area contributed by atoms with Crippen LogP contribution in [0.4, 0.5) is 0 Å². The molecule has 0 aromatic rings. The van der Waals surface area contributed by atoms with Gasteiger partial charge < -0.3 is 5.73 Å². The Bertz CT molecular complexity index is 418. The largest absolute Gasteiger partial charge is 0.369 e. The zero-order valence-corrected chi connectivity index (χ0v) is 16.5. The standard InChI is InChI=1S/C23H39NO/c1-3-5-6-7-8-9-10-11-12-13-14-15-16-17-18-19-21-22(20-4-2)23(24)25/h8-9,11-12,14-15,17-18,22H,3-7,10,13,16,19-21H2,1-2H3,(H2,24,25)/b9-8-,12-11-,15-14-,18-17-. The van der Waals surface area contributed by atoms with Crippen molar-refractivity contribution in [3.63, 3.8) is 0 Å². The molecule has 2 nitrogen and oxygen atoms in total. The Hall–Kier alpha value is -1.57. The third kappa shape index (κ3) is 17.1. The molecule has 0 saturated carbocycles. The molecule has 0 aliphatic heterocycles. The van der Waals surface area contributed by atoms with E-state index in [0.717, 1.165) is 44.9 Å². The lowest BCUT2D eigenvalue weighted by Crippen LogP contribution is -2.22. The number of hydrogen-bond donors (Lipinski definition) is 1. The summed E-state index contributed by atoms with van der Waals surface area (Å²) in [6.45, 7) is 4.33. The second kappa shape index (κ2) is 18.8. The highest BCUT2D eigenvalue weighted by atomic mass is 16.1. The molecule has 0 aliphatic carbocycles. The highest BCUT2D eigenvalue weighted by Crippen LogP contribution is 2.13. The number of amides is 1. The van der Waals surface area contributed by atoms with Gasteiger partial charge in [-0.1, -0.05) is 81.7 Å². The number of nitrogens with two attached hydrogens (primary N) is 1. The Balaban J connectivity index is 3.62. The van der Waals surface area contributed by atoms with Gasteiger partial charge in [-0.3, -0.25) is 4.79 Å². The molecule has 2 N–H and O–H groups in total. The fourth-order valence-electron chi connectivity index (χ4n) is 2.64. The molecule has 1 atom stereocenters. The van der Waals surface area contributed by atoms with Gasteiger partial charge in [-0.05, 0) is 51.4 Å². The van der Waals surface area contributed by atoms with Crippen LogP contribution < -0.4 is 5.73 Å². The molecule has 0 aromatic heterocycles. The van der Waals surface area contributed by atoms with Crippen molar-refractivity contribution in [2.75, 3.05) is 0 Å². The van der Waals surface area contributed by atoms with Crippen molar-refractivity contribution < 1.29 is 4.79 Å². The molecule has 25 heavy (non-hydrogen) atoms. The van der Waals surface area contributed by atoms with Crippen molar-refractivity contribution in [2.45, 2.75) is 84.5 Å². The zero-order valence-electron chi connectivity index (χ0n) is 16.5. The first-order valence-electron chi connectivity index (χ1n) is 10.1. The van der Waals surface area contributed by atoms with Crippen LogP contribution in [0.1, 0.15) is 84.5 Å². The highest BCUT2D eigenvalue weighted by Gasteiger charge is 2.12. The first kappa shape index (κ1) is 23.4. The lowest BCUT2D eigenvalue weighted by molar-refractivity contribution is -0.122. The Labute approximate surface area is 156 Å². The molecule has 0 fully saturated rings. The summed E-state index contributed by atoms with van der Waals surface area (Å²) in [5, 5.41) is 0. The molecular formula is C23H39NO. The van der Waals surface area contributed by atoms with Crippen molar-refractivity contribution in [1.82, 2.24) is 0 Å². The van der Waals surface area contributed by atoms with Crippen LogP contribution in [0.15, 0.2) is 48.6 Å². The van der Waals surface area contributed by atoms with Gasteiger partial charge in [0.1, 0.15) is 0 Å². The van der Waals surface area contributed by atoms with Gasteiger partial charge in [0, 0.05) is 5.92 Å². The van der Waals surface area contributed by atoms with Crippen LogP contribution in [-0.4, -0.2) is 5.91 Å². The third-order valence-corrected chi connectivity index (χ3v) is 4.18. The molecule has 0 saturated heterocycles. The molecule has 0 heterocycles. The minimum atomic E-state index is -0.155. The van der Waals surface area contributed by atoms with Gasteiger partial charge in [0.05, 0.1) is 0 Å². The molecule has 0 radical (unpaired) electrons. The number of primary amides is 1. The molecule has 0 bridgehead atoms. The van der Waals surface area contributed by atoms with Crippen molar-refractivity contribution >= 4 is 5.91 Å². The molecular weight excluding hydrogens is 306 g/mol. The van der Waals surface area contributed by atoms with E-state index in [1.54, 1.807) is 0 Å². The first-order chi connectivity index (χ1) is 12.2. The molecule has 0 rings (SSSR count). The van der Waals surface area contributed by atoms with Crippen molar-refractivity contribution in [1.29, 1.82) is 0 Å². The zero-order chi connectivity index (χ0) is 18.6. The lowest BCUT2D eigenvalue weighted by Gasteiger charge is -2.09. The van der Waals surface area contributed by atoms with Crippen LogP contribution in [0.3, 0.4) is 0 Å². The Kier molecular flexibility index (Phi) is 17.6. The van der Waals surface area contributed by atoms with Crippen molar-refractivity contribution in [3.05, 3.63) is 48.6 Å². The van der Waals surface area contributed by atoms with E-state index < -0.39 is 0 Å². The van der Waals surface area contributed by atoms with Crippen LogP contribution in [-0.2, 0) is 4.79 Å². The maximum Gasteiger partial charge on any atom is 0.220 e. The van der Waals surface area contributed by atoms with E-state index in [0.29, 0.717) is 0 Å². The maximum atomic E-state index is 11.3. The first-order valence-corrected chi connectivity index (χ1v) is 10.1. The molecule has 0 spiro atoms. The summed E-state index contributed by atoms with van der Waals surface area (Å²) < 4.78 is 0. The van der Waals surface area contributed by atoms with Crippen LogP contribution in [0.5, 0.6) is 0 Å². The normalized spacial score (nSPS) is 13.7. The summed E-state index contributed by atoms with van der Waals surface area (Å²) in [4.78, 5) is 11.3. The van der Waals surface area contributed by atoms with Gasteiger partial charge in [0.2, 0.25) is 5.91 Å². The topological polar surface area (TPSA) is 43.1 Å². The van der Waals surface area contributed by atoms with E-state index in [-0.39, 0.29) is 11.8 Å². The average Bonchev–Trinajstić information content (AvgIpc) is 2.60. The van der Waals surface area contributed by atoms with Crippen LogP contribution in [0, 0.1) is 5.92 Å².